The minimum absolute atomic E-state index is 0.188. The summed E-state index contributed by atoms with van der Waals surface area (Å²) in [4.78, 5) is 13.2. The van der Waals surface area contributed by atoms with Gasteiger partial charge in [-0.2, -0.15) is 5.26 Å². The zero-order valence-corrected chi connectivity index (χ0v) is 8.68. The Morgan fingerprint density at radius 2 is 2.60 bits per heavy atom. The maximum atomic E-state index is 11.7. The van der Waals surface area contributed by atoms with Crippen LogP contribution in [-0.4, -0.2) is 56.4 Å². The van der Waals surface area contributed by atoms with Crippen molar-refractivity contribution >= 4 is 5.91 Å². The van der Waals surface area contributed by atoms with Crippen molar-refractivity contribution in [3.8, 4) is 6.07 Å². The third-order valence-corrected chi connectivity index (χ3v) is 2.19. The first kappa shape index (κ1) is 11.9. The maximum Gasteiger partial charge on any atom is 0.242 e. The third kappa shape index (κ3) is 3.16. The maximum absolute atomic E-state index is 11.7. The van der Waals surface area contributed by atoms with Crippen molar-refractivity contribution in [1.82, 2.24) is 4.90 Å². The number of morpholine rings is 1. The Morgan fingerprint density at radius 3 is 3.20 bits per heavy atom. The molecule has 84 valence electrons. The average Bonchev–Trinajstić information content (AvgIpc) is 2.28. The van der Waals surface area contributed by atoms with Gasteiger partial charge >= 0.3 is 0 Å². The van der Waals surface area contributed by atoms with E-state index in [0.717, 1.165) is 0 Å². The molecule has 1 amide bonds. The van der Waals surface area contributed by atoms with E-state index in [0.29, 0.717) is 13.2 Å². The van der Waals surface area contributed by atoms with Crippen LogP contribution in [0.1, 0.15) is 0 Å². The molecule has 0 aromatic rings. The summed E-state index contributed by atoms with van der Waals surface area (Å²) < 4.78 is 9.92. The van der Waals surface area contributed by atoms with Crippen LogP contribution in [0.4, 0.5) is 0 Å². The molecule has 1 fully saturated rings. The Morgan fingerprint density at radius 1 is 1.87 bits per heavy atom. The summed E-state index contributed by atoms with van der Waals surface area (Å²) in [7, 11) is 1.49. The van der Waals surface area contributed by atoms with E-state index in [9.17, 15) is 4.79 Å². The quantitative estimate of drug-likeness (QED) is 0.630. The second-order valence-electron chi connectivity index (χ2n) is 3.33. The zero-order chi connectivity index (χ0) is 11.3. The molecule has 1 heterocycles. The van der Waals surface area contributed by atoms with Gasteiger partial charge in [0.1, 0.15) is 6.04 Å². The minimum Gasteiger partial charge on any atom is -0.383 e. The van der Waals surface area contributed by atoms with Crippen LogP contribution < -0.4 is 5.73 Å². The molecule has 2 unspecified atom stereocenters. The molecule has 2 atom stereocenters. The average molecular weight is 213 g/mol. The van der Waals surface area contributed by atoms with Crippen LogP contribution in [0.5, 0.6) is 0 Å². The summed E-state index contributed by atoms with van der Waals surface area (Å²) in [6, 6.07) is 1.31. The predicted molar refractivity (Wildman–Crippen MR) is 51.8 cm³/mol. The summed E-state index contributed by atoms with van der Waals surface area (Å²) in [5.74, 6) is -0.194. The summed E-state index contributed by atoms with van der Waals surface area (Å²) >= 11 is 0. The molecule has 2 N–H and O–H groups in total. The van der Waals surface area contributed by atoms with Gasteiger partial charge in [-0.05, 0) is 0 Å². The van der Waals surface area contributed by atoms with Gasteiger partial charge in [-0.15, -0.1) is 0 Å². The van der Waals surface area contributed by atoms with E-state index >= 15 is 0 Å². The first-order valence-corrected chi connectivity index (χ1v) is 4.73. The summed E-state index contributed by atoms with van der Waals surface area (Å²) in [6.07, 6.45) is -0.544. The van der Waals surface area contributed by atoms with Crippen molar-refractivity contribution < 1.29 is 14.3 Å². The number of methoxy groups -OCH3 is 1. The topological polar surface area (TPSA) is 88.6 Å². The lowest BCUT2D eigenvalue weighted by atomic mass is 10.2. The van der Waals surface area contributed by atoms with E-state index in [1.165, 1.54) is 7.11 Å². The van der Waals surface area contributed by atoms with E-state index in [1.807, 2.05) is 6.07 Å². The molecule has 1 aliphatic rings. The highest BCUT2D eigenvalue weighted by Gasteiger charge is 2.27. The van der Waals surface area contributed by atoms with Gasteiger partial charge in [0.05, 0.1) is 25.8 Å². The summed E-state index contributed by atoms with van der Waals surface area (Å²) in [5.41, 5.74) is 5.61. The number of rotatable bonds is 3. The van der Waals surface area contributed by atoms with Crippen molar-refractivity contribution in [3.05, 3.63) is 0 Å². The third-order valence-electron chi connectivity index (χ3n) is 2.19. The molecule has 0 bridgehead atoms. The number of hydrogen-bond donors (Lipinski definition) is 1. The normalized spacial score (nSPS) is 23.3. The highest BCUT2D eigenvalue weighted by molar-refractivity contribution is 5.82. The van der Waals surface area contributed by atoms with E-state index in [-0.39, 0.29) is 19.1 Å². The van der Waals surface area contributed by atoms with E-state index in [2.05, 4.69) is 0 Å². The van der Waals surface area contributed by atoms with E-state index in [1.54, 1.807) is 4.90 Å². The number of carbonyl (C=O) groups is 1. The lowest BCUT2D eigenvalue weighted by molar-refractivity contribution is -0.139. The Bertz CT molecular complexity index is 264. The van der Waals surface area contributed by atoms with Gasteiger partial charge in [0, 0.05) is 13.7 Å². The van der Waals surface area contributed by atoms with E-state index < -0.39 is 12.1 Å². The molecule has 0 spiro atoms. The molecule has 0 aromatic heterocycles. The number of carbonyl (C=O) groups excluding carboxylic acids is 1. The number of amides is 1. The SMILES string of the molecule is COCC(N)C(=O)N1CCOC(C#N)C1. The molecule has 0 radical (unpaired) electrons. The van der Waals surface area contributed by atoms with Crippen LogP contribution in [0, 0.1) is 11.3 Å². The van der Waals surface area contributed by atoms with Gasteiger partial charge in [0.15, 0.2) is 6.10 Å². The minimum atomic E-state index is -0.660. The fourth-order valence-electron chi connectivity index (χ4n) is 1.41. The van der Waals surface area contributed by atoms with Gasteiger partial charge in [-0.25, -0.2) is 0 Å². The molecular formula is C9H15N3O3. The molecule has 1 rings (SSSR count). The number of ether oxygens (including phenoxy) is 2. The standard InChI is InChI=1S/C9H15N3O3/c1-14-6-8(11)9(13)12-2-3-15-7(4-10)5-12/h7-8H,2-3,5-6,11H2,1H3. The molecule has 6 nitrogen and oxygen atoms in total. The molecular weight excluding hydrogens is 198 g/mol. The van der Waals surface area contributed by atoms with Gasteiger partial charge in [0.2, 0.25) is 5.91 Å². The van der Waals surface area contributed by atoms with Crippen LogP contribution >= 0.6 is 0 Å². The molecule has 1 saturated heterocycles. The first-order valence-electron chi connectivity index (χ1n) is 4.73. The zero-order valence-electron chi connectivity index (χ0n) is 8.68. The molecule has 1 aliphatic heterocycles. The fraction of sp³-hybridized carbons (Fsp3) is 0.778. The predicted octanol–water partition coefficient (Wildman–Crippen LogP) is -1.29. The monoisotopic (exact) mass is 213 g/mol. The Labute approximate surface area is 88.5 Å². The van der Waals surface area contributed by atoms with Crippen molar-refractivity contribution in [2.24, 2.45) is 5.73 Å². The van der Waals surface area contributed by atoms with Gasteiger partial charge < -0.3 is 20.1 Å². The molecule has 6 heteroatoms. The first-order chi connectivity index (χ1) is 7.19. The van der Waals surface area contributed by atoms with Crippen molar-refractivity contribution in [3.63, 3.8) is 0 Å². The van der Waals surface area contributed by atoms with Crippen LogP contribution in [0.25, 0.3) is 0 Å². The molecule has 0 aliphatic carbocycles. The lowest BCUT2D eigenvalue weighted by Crippen LogP contribution is -2.52. The van der Waals surface area contributed by atoms with Crippen LogP contribution in [0.3, 0.4) is 0 Å². The number of nitrogens with two attached hydrogens (primary N) is 1. The van der Waals surface area contributed by atoms with Gasteiger partial charge in [-0.3, -0.25) is 4.79 Å². The highest BCUT2D eigenvalue weighted by Crippen LogP contribution is 2.05. The van der Waals surface area contributed by atoms with Crippen LogP contribution in [-0.2, 0) is 14.3 Å². The van der Waals surface area contributed by atoms with Crippen LogP contribution in [0.2, 0.25) is 0 Å². The highest BCUT2D eigenvalue weighted by atomic mass is 16.5. The van der Waals surface area contributed by atoms with Crippen molar-refractivity contribution in [2.45, 2.75) is 12.1 Å². The summed E-state index contributed by atoms with van der Waals surface area (Å²) in [5, 5.41) is 8.66. The molecule has 0 saturated carbocycles. The second-order valence-corrected chi connectivity index (χ2v) is 3.33. The molecule has 15 heavy (non-hydrogen) atoms. The van der Waals surface area contributed by atoms with Crippen LogP contribution in [0.15, 0.2) is 0 Å². The van der Waals surface area contributed by atoms with Gasteiger partial charge in [-0.1, -0.05) is 0 Å². The number of nitrogens with zero attached hydrogens (tertiary/aromatic N) is 2. The number of hydrogen-bond acceptors (Lipinski definition) is 5. The van der Waals surface area contributed by atoms with Crippen molar-refractivity contribution in [2.75, 3.05) is 33.4 Å². The molecule has 0 aromatic carbocycles. The smallest absolute Gasteiger partial charge is 0.242 e. The second kappa shape index (κ2) is 5.66. The Hall–Kier alpha value is -1.16. The summed E-state index contributed by atoms with van der Waals surface area (Å²) in [6.45, 7) is 1.33. The van der Waals surface area contributed by atoms with Crippen molar-refractivity contribution in [1.29, 1.82) is 5.26 Å². The van der Waals surface area contributed by atoms with Gasteiger partial charge in [0.25, 0.3) is 0 Å². The number of nitriles is 1. The lowest BCUT2D eigenvalue weighted by Gasteiger charge is -2.31. The fourth-order valence-corrected chi connectivity index (χ4v) is 1.41. The van der Waals surface area contributed by atoms with E-state index in [4.69, 9.17) is 20.5 Å². The largest absolute Gasteiger partial charge is 0.383 e. The Kier molecular flexibility index (Phi) is 4.49. The Balaban J connectivity index is 2.49.